The molecule has 7 heteroatoms. The highest BCUT2D eigenvalue weighted by Crippen LogP contribution is 2.27. The third kappa shape index (κ3) is 7.78. The fourth-order valence-electron chi connectivity index (χ4n) is 3.58. The molecule has 0 unspecified atom stereocenters. The lowest BCUT2D eigenvalue weighted by atomic mass is 10.1. The molecule has 0 atom stereocenters. The zero-order valence-corrected chi connectivity index (χ0v) is 20.2. The van der Waals surface area contributed by atoms with Crippen molar-refractivity contribution in [3.63, 3.8) is 0 Å². The number of methoxy groups -OCH3 is 2. The van der Waals surface area contributed by atoms with Crippen LogP contribution in [0.5, 0.6) is 11.5 Å². The molecule has 0 aliphatic rings. The van der Waals surface area contributed by atoms with Gasteiger partial charge < -0.3 is 19.7 Å². The van der Waals surface area contributed by atoms with Gasteiger partial charge in [0.15, 0.2) is 11.5 Å². The van der Waals surface area contributed by atoms with Crippen molar-refractivity contribution >= 4 is 12.0 Å². The molecule has 1 N–H and O–H groups in total. The first-order chi connectivity index (χ1) is 16.6. The van der Waals surface area contributed by atoms with Gasteiger partial charge in [0, 0.05) is 31.9 Å². The number of amides is 1. The number of hydrogen-bond acceptors (Lipinski definition) is 5. The molecule has 0 saturated carbocycles. The molecule has 1 amide bonds. The summed E-state index contributed by atoms with van der Waals surface area (Å²) in [6.07, 6.45) is 9.73. The van der Waals surface area contributed by atoms with Crippen LogP contribution in [0.25, 0.3) is 11.8 Å². The first kappa shape index (κ1) is 25.1. The maximum absolute atomic E-state index is 12.1. The van der Waals surface area contributed by atoms with E-state index in [9.17, 15) is 4.79 Å². The number of likely N-dealkylation sites (N-methyl/N-ethyl adjacent to an activating group) is 1. The summed E-state index contributed by atoms with van der Waals surface area (Å²) in [5, 5.41) is 7.21. The van der Waals surface area contributed by atoms with E-state index in [0.717, 1.165) is 48.7 Å². The van der Waals surface area contributed by atoms with Crippen LogP contribution in [0.1, 0.15) is 24.0 Å². The van der Waals surface area contributed by atoms with E-state index in [1.54, 1.807) is 20.4 Å². The zero-order chi connectivity index (χ0) is 24.2. The molecule has 0 fully saturated rings. The summed E-state index contributed by atoms with van der Waals surface area (Å²) in [7, 11) is 5.39. The summed E-state index contributed by atoms with van der Waals surface area (Å²) in [5.41, 5.74) is 3.27. The Morgan fingerprint density at radius 3 is 2.59 bits per heavy atom. The molecular weight excluding hydrogens is 428 g/mol. The molecule has 3 aromatic rings. The van der Waals surface area contributed by atoms with Gasteiger partial charge in [-0.3, -0.25) is 4.79 Å². The minimum atomic E-state index is 0.0393. The third-order valence-electron chi connectivity index (χ3n) is 5.54. The van der Waals surface area contributed by atoms with E-state index in [4.69, 9.17) is 9.47 Å². The number of nitrogens with zero attached hydrogens (tertiary/aromatic N) is 3. The van der Waals surface area contributed by atoms with Crippen molar-refractivity contribution in [2.75, 3.05) is 40.9 Å². The van der Waals surface area contributed by atoms with Crippen molar-refractivity contribution in [2.24, 2.45) is 0 Å². The second-order valence-electron chi connectivity index (χ2n) is 8.09. The van der Waals surface area contributed by atoms with Crippen LogP contribution >= 0.6 is 0 Å². The number of hydrogen-bond donors (Lipinski definition) is 1. The van der Waals surface area contributed by atoms with Gasteiger partial charge in [-0.25, -0.2) is 4.68 Å². The van der Waals surface area contributed by atoms with Crippen LogP contribution in [0, 0.1) is 0 Å². The lowest BCUT2D eigenvalue weighted by Gasteiger charge is -2.17. The predicted molar refractivity (Wildman–Crippen MR) is 136 cm³/mol. The molecule has 0 spiro atoms. The molecule has 2 aromatic carbocycles. The molecule has 0 radical (unpaired) electrons. The van der Waals surface area contributed by atoms with Crippen molar-refractivity contribution in [3.8, 4) is 17.2 Å². The van der Waals surface area contributed by atoms with E-state index < -0.39 is 0 Å². The fraction of sp³-hybridized carbons (Fsp3) is 0.333. The molecule has 34 heavy (non-hydrogen) atoms. The summed E-state index contributed by atoms with van der Waals surface area (Å²) in [6, 6.07) is 16.0. The van der Waals surface area contributed by atoms with Gasteiger partial charge in [0.1, 0.15) is 0 Å². The topological polar surface area (TPSA) is 68.6 Å². The molecule has 0 saturated heterocycles. The SMILES string of the molecule is COc1ccc(CCN(C)CCCNC(=O)C/C=C/c2ccc(-n3cccn3)cc2)cc1OC. The van der Waals surface area contributed by atoms with Crippen LogP contribution in [0.2, 0.25) is 0 Å². The standard InChI is InChI=1S/C27H34N4O3/c1-30(20-15-23-11-14-25(33-2)26(21-23)34-3)18-5-16-28-27(32)8-4-7-22-9-12-24(13-10-22)31-19-6-17-29-31/h4,6-7,9-14,17,19,21H,5,8,15-16,18,20H2,1-3H3,(H,28,32)/b7-4+. The normalized spacial score (nSPS) is 11.2. The average Bonchev–Trinajstić information content (AvgIpc) is 3.40. The van der Waals surface area contributed by atoms with Crippen molar-refractivity contribution < 1.29 is 14.3 Å². The number of benzene rings is 2. The van der Waals surface area contributed by atoms with E-state index in [-0.39, 0.29) is 5.91 Å². The maximum Gasteiger partial charge on any atom is 0.223 e. The van der Waals surface area contributed by atoms with Crippen LogP contribution in [-0.4, -0.2) is 61.5 Å². The van der Waals surface area contributed by atoms with Gasteiger partial charge in [-0.2, -0.15) is 5.10 Å². The van der Waals surface area contributed by atoms with E-state index in [1.165, 1.54) is 5.56 Å². The minimum absolute atomic E-state index is 0.0393. The number of rotatable bonds is 13. The van der Waals surface area contributed by atoms with Gasteiger partial charge in [-0.05, 0) is 67.9 Å². The Bertz CT molecular complexity index is 1050. The number of carbonyl (C=O) groups excluding carboxylic acids is 1. The Morgan fingerprint density at radius 2 is 1.88 bits per heavy atom. The van der Waals surface area contributed by atoms with Crippen molar-refractivity contribution in [3.05, 3.63) is 78.1 Å². The van der Waals surface area contributed by atoms with Gasteiger partial charge in [0.05, 0.1) is 19.9 Å². The van der Waals surface area contributed by atoms with E-state index >= 15 is 0 Å². The first-order valence-corrected chi connectivity index (χ1v) is 11.5. The Labute approximate surface area is 202 Å². The Balaban J connectivity index is 1.30. The van der Waals surface area contributed by atoms with Crippen molar-refractivity contribution in [1.29, 1.82) is 0 Å². The predicted octanol–water partition coefficient (Wildman–Crippen LogP) is 3.97. The molecular formula is C27H34N4O3. The molecule has 0 aliphatic heterocycles. The lowest BCUT2D eigenvalue weighted by Crippen LogP contribution is -2.28. The Kier molecular flexibility index (Phi) is 9.73. The zero-order valence-electron chi connectivity index (χ0n) is 20.2. The largest absolute Gasteiger partial charge is 0.493 e. The minimum Gasteiger partial charge on any atom is -0.493 e. The van der Waals surface area contributed by atoms with E-state index in [1.807, 2.05) is 65.5 Å². The summed E-state index contributed by atoms with van der Waals surface area (Å²) in [6.45, 7) is 2.53. The van der Waals surface area contributed by atoms with Gasteiger partial charge in [0.25, 0.3) is 0 Å². The highest BCUT2D eigenvalue weighted by Gasteiger charge is 2.06. The quantitative estimate of drug-likeness (QED) is 0.389. The van der Waals surface area contributed by atoms with Crippen LogP contribution in [0.15, 0.2) is 67.0 Å². The molecule has 1 heterocycles. The third-order valence-corrected chi connectivity index (χ3v) is 5.54. The van der Waals surface area contributed by atoms with E-state index in [0.29, 0.717) is 13.0 Å². The first-order valence-electron chi connectivity index (χ1n) is 11.5. The Morgan fingerprint density at radius 1 is 1.09 bits per heavy atom. The van der Waals surface area contributed by atoms with Crippen molar-refractivity contribution in [2.45, 2.75) is 19.3 Å². The summed E-state index contributed by atoms with van der Waals surface area (Å²) in [4.78, 5) is 14.4. The number of nitrogens with one attached hydrogen (secondary N) is 1. The van der Waals surface area contributed by atoms with E-state index in [2.05, 4.69) is 28.4 Å². The number of carbonyl (C=O) groups is 1. The van der Waals surface area contributed by atoms with Gasteiger partial charge in [-0.1, -0.05) is 30.4 Å². The average molecular weight is 463 g/mol. The number of ether oxygens (including phenoxy) is 2. The smallest absolute Gasteiger partial charge is 0.223 e. The fourth-order valence-corrected chi connectivity index (χ4v) is 3.58. The van der Waals surface area contributed by atoms with Gasteiger partial charge in [0.2, 0.25) is 5.91 Å². The van der Waals surface area contributed by atoms with Gasteiger partial charge in [-0.15, -0.1) is 0 Å². The van der Waals surface area contributed by atoms with Crippen molar-refractivity contribution in [1.82, 2.24) is 20.0 Å². The monoisotopic (exact) mass is 462 g/mol. The Hall–Kier alpha value is -3.58. The molecule has 1 aromatic heterocycles. The molecule has 7 nitrogen and oxygen atoms in total. The maximum atomic E-state index is 12.1. The molecule has 0 bridgehead atoms. The van der Waals surface area contributed by atoms with Crippen LogP contribution < -0.4 is 14.8 Å². The van der Waals surface area contributed by atoms with Crippen LogP contribution in [0.4, 0.5) is 0 Å². The van der Waals surface area contributed by atoms with Gasteiger partial charge >= 0.3 is 0 Å². The lowest BCUT2D eigenvalue weighted by molar-refractivity contribution is -0.120. The summed E-state index contributed by atoms with van der Waals surface area (Å²) < 4.78 is 12.5. The highest BCUT2D eigenvalue weighted by molar-refractivity contribution is 5.78. The summed E-state index contributed by atoms with van der Waals surface area (Å²) in [5.74, 6) is 1.54. The molecule has 180 valence electrons. The highest BCUT2D eigenvalue weighted by atomic mass is 16.5. The van der Waals surface area contributed by atoms with Crippen LogP contribution in [-0.2, 0) is 11.2 Å². The molecule has 3 rings (SSSR count). The second kappa shape index (κ2) is 13.2. The summed E-state index contributed by atoms with van der Waals surface area (Å²) >= 11 is 0. The van der Waals surface area contributed by atoms with Crippen LogP contribution in [0.3, 0.4) is 0 Å². The second-order valence-corrected chi connectivity index (χ2v) is 8.09. The molecule has 0 aliphatic carbocycles. The number of aromatic nitrogens is 2.